The van der Waals surface area contributed by atoms with Gasteiger partial charge in [-0.15, -0.1) is 0 Å². The van der Waals surface area contributed by atoms with Crippen molar-refractivity contribution < 1.29 is 4.74 Å². The Bertz CT molecular complexity index is 377. The zero-order valence-electron chi connectivity index (χ0n) is 9.33. The molecule has 0 unspecified atom stereocenters. The molecule has 16 heavy (non-hydrogen) atoms. The molecule has 1 saturated heterocycles. The Morgan fingerprint density at radius 3 is 3.00 bits per heavy atom. The van der Waals surface area contributed by atoms with Crippen LogP contribution >= 0.6 is 34.2 Å². The number of pyridine rings is 1. The Balaban J connectivity index is 2.32. The monoisotopic (exact) mass is 352 g/mol. The van der Waals surface area contributed by atoms with E-state index in [1.807, 2.05) is 6.92 Å². The summed E-state index contributed by atoms with van der Waals surface area (Å²) in [4.78, 5) is 6.69. The molecule has 0 bridgehead atoms. The highest BCUT2D eigenvalue weighted by atomic mass is 127. The molecule has 2 heterocycles. The van der Waals surface area contributed by atoms with Crippen LogP contribution in [0.5, 0.6) is 0 Å². The summed E-state index contributed by atoms with van der Waals surface area (Å²) in [6, 6.07) is 2.44. The van der Waals surface area contributed by atoms with E-state index in [2.05, 4.69) is 45.5 Å². The van der Waals surface area contributed by atoms with Crippen LogP contribution in [-0.2, 0) is 4.74 Å². The van der Waals surface area contributed by atoms with Crippen LogP contribution in [-0.4, -0.2) is 30.8 Å². The molecule has 88 valence electrons. The van der Waals surface area contributed by atoms with Crippen molar-refractivity contribution in [3.05, 3.63) is 20.4 Å². The van der Waals surface area contributed by atoms with Crippen LogP contribution in [0.2, 0.25) is 5.15 Å². The topological polar surface area (TPSA) is 25.4 Å². The number of anilines is 1. The smallest absolute Gasteiger partial charge is 0.135 e. The molecule has 1 fully saturated rings. The van der Waals surface area contributed by atoms with Gasteiger partial charge in [0.25, 0.3) is 0 Å². The maximum absolute atomic E-state index is 6.11. The fourth-order valence-corrected chi connectivity index (χ4v) is 2.63. The Kier molecular flexibility index (Phi) is 3.92. The molecule has 5 heteroatoms. The first-order valence-corrected chi connectivity index (χ1v) is 6.72. The molecule has 3 nitrogen and oxygen atoms in total. The average molecular weight is 353 g/mol. The average Bonchev–Trinajstić information content (AvgIpc) is 2.26. The molecule has 0 N–H and O–H groups in total. The van der Waals surface area contributed by atoms with Crippen LogP contribution in [0.4, 0.5) is 5.82 Å². The highest BCUT2D eigenvalue weighted by Gasteiger charge is 2.21. The van der Waals surface area contributed by atoms with Crippen LogP contribution in [0.3, 0.4) is 0 Å². The van der Waals surface area contributed by atoms with Crippen molar-refractivity contribution in [3.8, 4) is 0 Å². The van der Waals surface area contributed by atoms with Crippen LogP contribution in [0, 0.1) is 10.5 Å². The Morgan fingerprint density at radius 2 is 2.38 bits per heavy atom. The predicted molar refractivity (Wildman–Crippen MR) is 74.3 cm³/mol. The summed E-state index contributed by atoms with van der Waals surface area (Å²) < 4.78 is 6.57. The lowest BCUT2D eigenvalue weighted by molar-refractivity contribution is 0.0985. The summed E-state index contributed by atoms with van der Waals surface area (Å²) in [7, 11) is 0. The molecule has 2 rings (SSSR count). The third-order valence-electron chi connectivity index (χ3n) is 2.80. The third kappa shape index (κ3) is 2.43. The second kappa shape index (κ2) is 5.06. The fraction of sp³-hybridized carbons (Fsp3) is 0.545. The number of morpholine rings is 1. The van der Waals surface area contributed by atoms with Crippen LogP contribution in [0.15, 0.2) is 6.07 Å². The minimum atomic E-state index is 0.357. The first-order chi connectivity index (χ1) is 7.59. The van der Waals surface area contributed by atoms with E-state index in [0.717, 1.165) is 34.7 Å². The number of halogens is 2. The molecule has 1 aliphatic heterocycles. The van der Waals surface area contributed by atoms with Crippen molar-refractivity contribution in [1.82, 2.24) is 4.98 Å². The summed E-state index contributed by atoms with van der Waals surface area (Å²) in [5.74, 6) is 0.954. The predicted octanol–water partition coefficient (Wildman–Crippen LogP) is 2.87. The molecule has 0 saturated carbocycles. The second-order valence-corrected chi connectivity index (χ2v) is 5.52. The van der Waals surface area contributed by atoms with Crippen LogP contribution in [0.1, 0.15) is 12.5 Å². The van der Waals surface area contributed by atoms with E-state index in [9.17, 15) is 0 Å². The zero-order chi connectivity index (χ0) is 11.7. The van der Waals surface area contributed by atoms with Gasteiger partial charge in [0, 0.05) is 10.1 Å². The van der Waals surface area contributed by atoms with Crippen molar-refractivity contribution >= 4 is 40.0 Å². The number of ether oxygens (including phenoxy) is 1. The summed E-state index contributed by atoms with van der Waals surface area (Å²) in [6.07, 6.45) is 0. The third-order valence-corrected chi connectivity index (χ3v) is 4.29. The Morgan fingerprint density at radius 1 is 1.62 bits per heavy atom. The molecule has 1 aromatic heterocycles. The summed E-state index contributed by atoms with van der Waals surface area (Å²) in [5, 5.41) is 0.598. The normalized spacial score (nSPS) is 21.2. The number of nitrogens with zero attached hydrogens (tertiary/aromatic N) is 2. The SMILES string of the molecule is Cc1c(I)cc(N2CCOC[C@H]2C)nc1Cl. The highest BCUT2D eigenvalue weighted by Crippen LogP contribution is 2.26. The van der Waals surface area contributed by atoms with Gasteiger partial charge in [0.2, 0.25) is 0 Å². The van der Waals surface area contributed by atoms with E-state index in [1.54, 1.807) is 0 Å². The van der Waals surface area contributed by atoms with Crippen molar-refractivity contribution in [3.63, 3.8) is 0 Å². The van der Waals surface area contributed by atoms with E-state index in [-0.39, 0.29) is 0 Å². The number of hydrogen-bond donors (Lipinski definition) is 0. The van der Waals surface area contributed by atoms with E-state index >= 15 is 0 Å². The van der Waals surface area contributed by atoms with Gasteiger partial charge in [0.15, 0.2) is 0 Å². The van der Waals surface area contributed by atoms with Gasteiger partial charge >= 0.3 is 0 Å². The molecule has 0 amide bonds. The minimum absolute atomic E-state index is 0.357. The molecule has 0 aliphatic carbocycles. The van der Waals surface area contributed by atoms with E-state index in [0.29, 0.717) is 11.2 Å². The molecule has 1 atom stereocenters. The van der Waals surface area contributed by atoms with Gasteiger partial charge < -0.3 is 9.64 Å². The van der Waals surface area contributed by atoms with Crippen molar-refractivity contribution in [2.24, 2.45) is 0 Å². The number of aromatic nitrogens is 1. The molecule has 0 radical (unpaired) electrons. The quantitative estimate of drug-likeness (QED) is 0.574. The summed E-state index contributed by atoms with van der Waals surface area (Å²) in [6.45, 7) is 6.52. The van der Waals surface area contributed by atoms with E-state index < -0.39 is 0 Å². The standard InChI is InChI=1S/C11H14ClIN2O/c1-7-6-16-4-3-15(7)10-5-9(13)8(2)11(12)14-10/h5,7H,3-4,6H2,1-2H3/t7-/m1/s1. The molecular formula is C11H14ClIN2O. The second-order valence-electron chi connectivity index (χ2n) is 4.00. The van der Waals surface area contributed by atoms with Gasteiger partial charge in [-0.25, -0.2) is 4.98 Å². The van der Waals surface area contributed by atoms with Crippen molar-refractivity contribution in [2.45, 2.75) is 19.9 Å². The van der Waals surface area contributed by atoms with Crippen molar-refractivity contribution in [1.29, 1.82) is 0 Å². The molecule has 0 aromatic carbocycles. The van der Waals surface area contributed by atoms with Gasteiger partial charge in [0.05, 0.1) is 19.3 Å². The zero-order valence-corrected chi connectivity index (χ0v) is 12.2. The van der Waals surface area contributed by atoms with Gasteiger partial charge in [-0.1, -0.05) is 11.6 Å². The maximum atomic E-state index is 6.11. The maximum Gasteiger partial charge on any atom is 0.135 e. The Labute approximate surface area is 114 Å². The van der Waals surface area contributed by atoms with Crippen molar-refractivity contribution in [2.75, 3.05) is 24.7 Å². The van der Waals surface area contributed by atoms with Gasteiger partial charge in [-0.3, -0.25) is 0 Å². The number of rotatable bonds is 1. The van der Waals surface area contributed by atoms with Gasteiger partial charge in [0.1, 0.15) is 11.0 Å². The molecule has 1 aromatic rings. The highest BCUT2D eigenvalue weighted by molar-refractivity contribution is 14.1. The lowest BCUT2D eigenvalue weighted by Gasteiger charge is -2.34. The fourth-order valence-electron chi connectivity index (χ4n) is 1.75. The summed E-state index contributed by atoms with van der Waals surface area (Å²) in [5.41, 5.74) is 1.05. The van der Waals surface area contributed by atoms with Crippen LogP contribution in [0.25, 0.3) is 0 Å². The van der Waals surface area contributed by atoms with Crippen LogP contribution < -0.4 is 4.90 Å². The molecule has 0 spiro atoms. The lowest BCUT2D eigenvalue weighted by Crippen LogP contribution is -2.44. The van der Waals surface area contributed by atoms with E-state index in [4.69, 9.17) is 16.3 Å². The first kappa shape index (κ1) is 12.4. The largest absolute Gasteiger partial charge is 0.377 e. The van der Waals surface area contributed by atoms with E-state index in [1.165, 1.54) is 0 Å². The summed E-state index contributed by atoms with van der Waals surface area (Å²) >= 11 is 8.41. The van der Waals surface area contributed by atoms with Gasteiger partial charge in [-0.05, 0) is 48.1 Å². The minimum Gasteiger partial charge on any atom is -0.377 e. The lowest BCUT2D eigenvalue weighted by atomic mass is 10.2. The number of hydrogen-bond acceptors (Lipinski definition) is 3. The van der Waals surface area contributed by atoms with Gasteiger partial charge in [-0.2, -0.15) is 0 Å². The molecular weight excluding hydrogens is 338 g/mol. The molecule has 1 aliphatic rings. The first-order valence-electron chi connectivity index (χ1n) is 5.26. The Hall–Kier alpha value is -0.0700.